The highest BCUT2D eigenvalue weighted by Gasteiger charge is 2.32. The Balaban J connectivity index is 2.46. The van der Waals surface area contributed by atoms with Gasteiger partial charge in [-0.25, -0.2) is 8.42 Å². The van der Waals surface area contributed by atoms with Crippen LogP contribution in [0.4, 0.5) is 5.69 Å². The molecule has 0 saturated carbocycles. The van der Waals surface area contributed by atoms with Gasteiger partial charge in [-0.3, -0.25) is 13.9 Å². The van der Waals surface area contributed by atoms with E-state index in [-0.39, 0.29) is 28.2 Å². The first kappa shape index (κ1) is 29.2. The molecular formula is C24H30Cl3N3O4S. The van der Waals surface area contributed by atoms with Gasteiger partial charge in [0, 0.05) is 18.1 Å². The van der Waals surface area contributed by atoms with E-state index in [1.807, 2.05) is 6.92 Å². The number of nitrogens with one attached hydrogen (secondary N) is 1. The van der Waals surface area contributed by atoms with E-state index in [4.69, 9.17) is 34.8 Å². The van der Waals surface area contributed by atoms with Crippen LogP contribution in [0.25, 0.3) is 0 Å². The van der Waals surface area contributed by atoms with Crippen LogP contribution in [-0.4, -0.2) is 50.5 Å². The summed E-state index contributed by atoms with van der Waals surface area (Å²) in [6.45, 7) is 3.74. The number of carbonyl (C=O) groups excluding carboxylic acids is 2. The lowest BCUT2D eigenvalue weighted by molar-refractivity contribution is -0.140. The van der Waals surface area contributed by atoms with E-state index >= 15 is 0 Å². The molecule has 2 aromatic rings. The fourth-order valence-electron chi connectivity index (χ4n) is 3.52. The summed E-state index contributed by atoms with van der Waals surface area (Å²) in [6.07, 6.45) is 3.01. The lowest BCUT2D eigenvalue weighted by Gasteiger charge is -2.33. The molecule has 0 radical (unpaired) electrons. The Morgan fingerprint density at radius 3 is 2.26 bits per heavy atom. The van der Waals surface area contributed by atoms with Crippen molar-refractivity contribution in [1.82, 2.24) is 10.2 Å². The number of anilines is 1. The average molecular weight is 563 g/mol. The lowest BCUT2D eigenvalue weighted by atomic mass is 10.1. The Labute approximate surface area is 222 Å². The van der Waals surface area contributed by atoms with Crippen molar-refractivity contribution in [2.45, 2.75) is 45.7 Å². The van der Waals surface area contributed by atoms with Crippen molar-refractivity contribution in [3.63, 3.8) is 0 Å². The van der Waals surface area contributed by atoms with Crippen LogP contribution in [-0.2, 0) is 26.2 Å². The van der Waals surface area contributed by atoms with Crippen molar-refractivity contribution in [2.75, 3.05) is 23.7 Å². The Hall–Kier alpha value is -2.00. The average Bonchev–Trinajstić information content (AvgIpc) is 2.80. The number of hydrogen-bond donors (Lipinski definition) is 1. The number of carbonyl (C=O) groups is 2. The molecule has 2 amide bonds. The first-order valence-electron chi connectivity index (χ1n) is 11.2. The monoisotopic (exact) mass is 561 g/mol. The minimum atomic E-state index is -3.92. The normalized spacial score (nSPS) is 12.2. The maximum atomic E-state index is 13.6. The Kier molecular flexibility index (Phi) is 11.1. The summed E-state index contributed by atoms with van der Waals surface area (Å²) < 4.78 is 26.2. The second kappa shape index (κ2) is 13.3. The van der Waals surface area contributed by atoms with Gasteiger partial charge >= 0.3 is 0 Å². The van der Waals surface area contributed by atoms with Crippen molar-refractivity contribution in [3.8, 4) is 0 Å². The van der Waals surface area contributed by atoms with E-state index in [2.05, 4.69) is 5.32 Å². The zero-order valence-corrected chi connectivity index (χ0v) is 23.0. The van der Waals surface area contributed by atoms with Gasteiger partial charge in [0.15, 0.2) is 0 Å². The van der Waals surface area contributed by atoms with Gasteiger partial charge in [-0.1, -0.05) is 79.3 Å². The van der Waals surface area contributed by atoms with Crippen LogP contribution in [0.5, 0.6) is 0 Å². The third-order valence-electron chi connectivity index (χ3n) is 5.39. The summed E-state index contributed by atoms with van der Waals surface area (Å²) in [6, 6.07) is 10.7. The highest BCUT2D eigenvalue weighted by atomic mass is 35.5. The van der Waals surface area contributed by atoms with Crippen LogP contribution in [0.1, 0.15) is 38.7 Å². The van der Waals surface area contributed by atoms with E-state index in [0.717, 1.165) is 23.4 Å². The van der Waals surface area contributed by atoms with Crippen molar-refractivity contribution in [3.05, 3.63) is 63.1 Å². The summed E-state index contributed by atoms with van der Waals surface area (Å²) in [5, 5.41) is 3.46. The van der Waals surface area contributed by atoms with Crippen LogP contribution in [0.3, 0.4) is 0 Å². The summed E-state index contributed by atoms with van der Waals surface area (Å²) >= 11 is 18.7. The molecule has 0 fully saturated rings. The Morgan fingerprint density at radius 2 is 1.66 bits per heavy atom. The molecule has 1 N–H and O–H groups in total. The molecule has 0 saturated heterocycles. The molecule has 7 nitrogen and oxygen atoms in total. The van der Waals surface area contributed by atoms with E-state index in [9.17, 15) is 18.0 Å². The molecule has 0 aliphatic heterocycles. The third-order valence-corrected chi connectivity index (χ3v) is 7.70. The third kappa shape index (κ3) is 8.00. The second-order valence-corrected chi connectivity index (χ2v) is 11.1. The van der Waals surface area contributed by atoms with Crippen LogP contribution < -0.4 is 9.62 Å². The summed E-state index contributed by atoms with van der Waals surface area (Å²) in [4.78, 5) is 28.0. The van der Waals surface area contributed by atoms with Gasteiger partial charge in [-0.2, -0.15) is 0 Å². The number of hydrogen-bond acceptors (Lipinski definition) is 4. The first-order valence-corrected chi connectivity index (χ1v) is 14.2. The first-order chi connectivity index (χ1) is 16.5. The second-order valence-electron chi connectivity index (χ2n) is 8.02. The van der Waals surface area contributed by atoms with Gasteiger partial charge in [0.1, 0.15) is 12.6 Å². The van der Waals surface area contributed by atoms with Crippen LogP contribution >= 0.6 is 34.8 Å². The molecule has 0 aromatic heterocycles. The molecule has 11 heteroatoms. The number of sulfonamides is 1. The molecular weight excluding hydrogens is 533 g/mol. The summed E-state index contributed by atoms with van der Waals surface area (Å²) in [5.41, 5.74) is 0.710. The molecule has 0 aliphatic carbocycles. The number of amides is 2. The SMILES string of the molecule is CCCCNC(=O)C(CC)N(Cc1ccccc1Cl)C(=O)CN(c1cccc(Cl)c1Cl)S(C)(=O)=O. The molecule has 0 heterocycles. The maximum Gasteiger partial charge on any atom is 0.244 e. The molecule has 0 bridgehead atoms. The maximum absolute atomic E-state index is 13.6. The molecule has 35 heavy (non-hydrogen) atoms. The number of nitrogens with zero attached hydrogens (tertiary/aromatic N) is 2. The molecule has 2 aromatic carbocycles. The van der Waals surface area contributed by atoms with E-state index in [1.54, 1.807) is 37.3 Å². The van der Waals surface area contributed by atoms with E-state index < -0.39 is 28.5 Å². The van der Waals surface area contributed by atoms with Gasteiger partial charge in [0.25, 0.3) is 0 Å². The minimum Gasteiger partial charge on any atom is -0.354 e. The zero-order chi connectivity index (χ0) is 26.2. The van der Waals surface area contributed by atoms with Gasteiger partial charge in [0.2, 0.25) is 21.8 Å². The van der Waals surface area contributed by atoms with Crippen molar-refractivity contribution >= 4 is 62.3 Å². The molecule has 0 spiro atoms. The lowest BCUT2D eigenvalue weighted by Crippen LogP contribution is -2.52. The largest absolute Gasteiger partial charge is 0.354 e. The Bertz CT molecular complexity index is 1140. The smallest absolute Gasteiger partial charge is 0.244 e. The van der Waals surface area contributed by atoms with Gasteiger partial charge in [-0.15, -0.1) is 0 Å². The fourth-order valence-corrected chi connectivity index (χ4v) is 5.01. The molecule has 2 rings (SSSR count). The van der Waals surface area contributed by atoms with Gasteiger partial charge in [0.05, 0.1) is 22.0 Å². The number of benzene rings is 2. The number of unbranched alkanes of at least 4 members (excludes halogenated alkanes) is 1. The minimum absolute atomic E-state index is 0.00870. The molecule has 1 unspecified atom stereocenters. The summed E-state index contributed by atoms with van der Waals surface area (Å²) in [5.74, 6) is -0.892. The van der Waals surface area contributed by atoms with Crippen LogP contribution in [0.2, 0.25) is 15.1 Å². The zero-order valence-electron chi connectivity index (χ0n) is 19.9. The van der Waals surface area contributed by atoms with Crippen LogP contribution in [0.15, 0.2) is 42.5 Å². The molecule has 192 valence electrons. The predicted molar refractivity (Wildman–Crippen MR) is 143 cm³/mol. The van der Waals surface area contributed by atoms with Crippen molar-refractivity contribution < 1.29 is 18.0 Å². The topological polar surface area (TPSA) is 86.8 Å². The Morgan fingerprint density at radius 1 is 1.00 bits per heavy atom. The van der Waals surface area contributed by atoms with Crippen molar-refractivity contribution in [1.29, 1.82) is 0 Å². The number of rotatable bonds is 12. The number of halogens is 3. The predicted octanol–water partition coefficient (Wildman–Crippen LogP) is 5.14. The van der Waals surface area contributed by atoms with Gasteiger partial charge < -0.3 is 10.2 Å². The van der Waals surface area contributed by atoms with E-state index in [0.29, 0.717) is 23.6 Å². The van der Waals surface area contributed by atoms with Gasteiger partial charge in [-0.05, 0) is 36.6 Å². The molecule has 0 aliphatic rings. The van der Waals surface area contributed by atoms with E-state index in [1.165, 1.54) is 17.0 Å². The standard InChI is InChI=1S/C24H30Cl3N3O4S/c1-4-6-14-28-24(32)20(5-2)29(15-17-10-7-8-11-18(17)25)22(31)16-30(35(3,33)34)21-13-9-12-19(26)23(21)27/h7-13,20H,4-6,14-16H2,1-3H3,(H,28,32). The fraction of sp³-hybridized carbons (Fsp3) is 0.417. The van der Waals surface area contributed by atoms with Crippen LogP contribution in [0, 0.1) is 0 Å². The summed E-state index contributed by atoms with van der Waals surface area (Å²) in [7, 11) is -3.92. The van der Waals surface area contributed by atoms with Crippen molar-refractivity contribution in [2.24, 2.45) is 0 Å². The quantitative estimate of drug-likeness (QED) is 0.363. The molecule has 1 atom stereocenters. The highest BCUT2D eigenvalue weighted by Crippen LogP contribution is 2.34. The highest BCUT2D eigenvalue weighted by molar-refractivity contribution is 7.92.